The number of aliphatic hydroxyl groups excluding tert-OH is 1. The molecule has 1 atom stereocenters. The molecule has 0 fully saturated rings. The molecule has 0 amide bonds. The van der Waals surface area contributed by atoms with Crippen molar-refractivity contribution >= 4 is 15.9 Å². The fourth-order valence-electron chi connectivity index (χ4n) is 2.62. The van der Waals surface area contributed by atoms with Crippen LogP contribution in [0.4, 0.5) is 0 Å². The second-order valence-electron chi connectivity index (χ2n) is 6.24. The van der Waals surface area contributed by atoms with Gasteiger partial charge in [0.2, 0.25) is 0 Å². The number of rotatable bonds is 6. The van der Waals surface area contributed by atoms with Crippen LogP contribution in [0.5, 0.6) is 5.75 Å². The van der Waals surface area contributed by atoms with Crippen LogP contribution in [0.1, 0.15) is 44.7 Å². The summed E-state index contributed by atoms with van der Waals surface area (Å²) in [5.41, 5.74) is 1.44. The van der Waals surface area contributed by atoms with E-state index in [0.29, 0.717) is 6.04 Å². The van der Waals surface area contributed by atoms with Gasteiger partial charge in [-0.15, -0.1) is 0 Å². The molecule has 0 bridgehead atoms. The summed E-state index contributed by atoms with van der Waals surface area (Å²) in [6.45, 7) is 6.48. The third-order valence-electron chi connectivity index (χ3n) is 3.85. The molecule has 1 aromatic carbocycles. The Kier molecular flexibility index (Phi) is 5.47. The van der Waals surface area contributed by atoms with Crippen molar-refractivity contribution < 1.29 is 9.84 Å². The number of nitrogens with one attached hydrogen (secondary N) is 1. The fraction of sp³-hybridized carbons (Fsp3) is 0.625. The molecular formula is C16H24BrNO2. The van der Waals surface area contributed by atoms with Crippen LogP contribution in [0.2, 0.25) is 0 Å². The van der Waals surface area contributed by atoms with Gasteiger partial charge in [0.05, 0.1) is 6.61 Å². The lowest BCUT2D eigenvalue weighted by atomic mass is 9.87. The lowest BCUT2D eigenvalue weighted by molar-refractivity contribution is 0.213. The number of aliphatic hydroxyl groups is 1. The highest BCUT2D eigenvalue weighted by Crippen LogP contribution is 2.34. The number of ether oxygens (including phenoxy) is 1. The minimum atomic E-state index is 0.202. The van der Waals surface area contributed by atoms with E-state index < -0.39 is 0 Å². The summed E-state index contributed by atoms with van der Waals surface area (Å²) in [7, 11) is 0. The van der Waals surface area contributed by atoms with E-state index in [1.165, 1.54) is 5.56 Å². The maximum absolute atomic E-state index is 8.97. The third kappa shape index (κ3) is 4.21. The first-order chi connectivity index (χ1) is 9.52. The van der Waals surface area contributed by atoms with E-state index in [-0.39, 0.29) is 12.0 Å². The predicted molar refractivity (Wildman–Crippen MR) is 85.1 cm³/mol. The Balaban J connectivity index is 1.99. The van der Waals surface area contributed by atoms with Gasteiger partial charge < -0.3 is 15.2 Å². The molecule has 1 aromatic rings. The quantitative estimate of drug-likeness (QED) is 0.829. The molecule has 2 rings (SSSR count). The SMILES string of the molecule is CC(C)(CCCO)CNC1CCOc2ccc(Br)cc21. The molecule has 1 aliphatic heterocycles. The average molecular weight is 342 g/mol. The molecule has 0 aromatic heterocycles. The highest BCUT2D eigenvalue weighted by atomic mass is 79.9. The number of hydrogen-bond donors (Lipinski definition) is 2. The second-order valence-corrected chi connectivity index (χ2v) is 7.16. The zero-order valence-corrected chi connectivity index (χ0v) is 13.9. The summed E-state index contributed by atoms with van der Waals surface area (Å²) in [5.74, 6) is 0.991. The van der Waals surface area contributed by atoms with Crippen molar-refractivity contribution in [2.75, 3.05) is 19.8 Å². The van der Waals surface area contributed by atoms with Gasteiger partial charge in [-0.2, -0.15) is 0 Å². The number of halogens is 1. The highest BCUT2D eigenvalue weighted by Gasteiger charge is 2.24. The topological polar surface area (TPSA) is 41.5 Å². The summed E-state index contributed by atoms with van der Waals surface area (Å²) in [5, 5.41) is 12.6. The zero-order chi connectivity index (χ0) is 14.6. The van der Waals surface area contributed by atoms with Gasteiger partial charge in [0.25, 0.3) is 0 Å². The predicted octanol–water partition coefficient (Wildman–Crippen LogP) is 3.66. The monoisotopic (exact) mass is 341 g/mol. The summed E-state index contributed by atoms with van der Waals surface area (Å²) >= 11 is 3.53. The minimum absolute atomic E-state index is 0.202. The van der Waals surface area contributed by atoms with Crippen LogP contribution < -0.4 is 10.1 Å². The van der Waals surface area contributed by atoms with Gasteiger partial charge in [0.15, 0.2) is 0 Å². The molecule has 0 spiro atoms. The molecule has 0 aliphatic carbocycles. The molecule has 1 heterocycles. The van der Waals surface area contributed by atoms with Crippen LogP contribution in [0.25, 0.3) is 0 Å². The highest BCUT2D eigenvalue weighted by molar-refractivity contribution is 9.10. The van der Waals surface area contributed by atoms with E-state index in [2.05, 4.69) is 41.2 Å². The smallest absolute Gasteiger partial charge is 0.124 e. The van der Waals surface area contributed by atoms with E-state index in [1.54, 1.807) is 0 Å². The molecular weight excluding hydrogens is 318 g/mol. The fourth-order valence-corrected chi connectivity index (χ4v) is 3.00. The van der Waals surface area contributed by atoms with Gasteiger partial charge >= 0.3 is 0 Å². The summed E-state index contributed by atoms with van der Waals surface area (Å²) in [6.07, 6.45) is 2.90. The van der Waals surface area contributed by atoms with Crippen molar-refractivity contribution in [1.29, 1.82) is 0 Å². The largest absolute Gasteiger partial charge is 0.493 e. The van der Waals surface area contributed by atoms with E-state index in [4.69, 9.17) is 9.84 Å². The summed E-state index contributed by atoms with van der Waals surface area (Å²) in [6, 6.07) is 6.55. The lowest BCUT2D eigenvalue weighted by Crippen LogP contribution is -2.35. The van der Waals surface area contributed by atoms with E-state index >= 15 is 0 Å². The Morgan fingerprint density at radius 2 is 2.25 bits per heavy atom. The standard InChI is InChI=1S/C16H24BrNO2/c1-16(2,7-3-8-19)11-18-14-6-9-20-15-5-4-12(17)10-13(14)15/h4-5,10,14,18-19H,3,6-9,11H2,1-2H3. The molecule has 20 heavy (non-hydrogen) atoms. The average Bonchev–Trinajstić information content (AvgIpc) is 2.43. The first kappa shape index (κ1) is 15.8. The van der Waals surface area contributed by atoms with E-state index in [9.17, 15) is 0 Å². The Morgan fingerprint density at radius 3 is 3.00 bits per heavy atom. The molecule has 1 aliphatic rings. The molecule has 0 radical (unpaired) electrons. The molecule has 0 saturated carbocycles. The lowest BCUT2D eigenvalue weighted by Gasteiger charge is -2.31. The second kappa shape index (κ2) is 6.92. The molecule has 4 heteroatoms. The van der Waals surface area contributed by atoms with Crippen LogP contribution in [0.3, 0.4) is 0 Å². The molecule has 112 valence electrons. The molecule has 0 saturated heterocycles. The van der Waals surface area contributed by atoms with Crippen LogP contribution in [0.15, 0.2) is 22.7 Å². The first-order valence-corrected chi connectivity index (χ1v) is 8.08. The third-order valence-corrected chi connectivity index (χ3v) is 4.34. The Morgan fingerprint density at radius 1 is 1.45 bits per heavy atom. The summed E-state index contributed by atoms with van der Waals surface area (Å²) < 4.78 is 6.80. The van der Waals surface area contributed by atoms with Crippen molar-refractivity contribution in [3.63, 3.8) is 0 Å². The number of fused-ring (bicyclic) bond motifs is 1. The number of benzene rings is 1. The van der Waals surface area contributed by atoms with Crippen LogP contribution in [0, 0.1) is 5.41 Å². The zero-order valence-electron chi connectivity index (χ0n) is 12.3. The van der Waals surface area contributed by atoms with E-state index in [0.717, 1.165) is 42.6 Å². The number of hydrogen-bond acceptors (Lipinski definition) is 3. The van der Waals surface area contributed by atoms with Gasteiger partial charge in [0.1, 0.15) is 5.75 Å². The van der Waals surface area contributed by atoms with Crippen molar-refractivity contribution in [3.05, 3.63) is 28.2 Å². The van der Waals surface area contributed by atoms with Crippen LogP contribution in [-0.2, 0) is 0 Å². The van der Waals surface area contributed by atoms with Crippen molar-refractivity contribution in [2.45, 2.75) is 39.2 Å². The first-order valence-electron chi connectivity index (χ1n) is 7.28. The molecule has 3 nitrogen and oxygen atoms in total. The van der Waals surface area contributed by atoms with Crippen LogP contribution >= 0.6 is 15.9 Å². The van der Waals surface area contributed by atoms with Gasteiger partial charge in [-0.05, 0) is 36.5 Å². The van der Waals surface area contributed by atoms with Crippen molar-refractivity contribution in [1.82, 2.24) is 5.32 Å². The van der Waals surface area contributed by atoms with Crippen molar-refractivity contribution in [2.24, 2.45) is 5.41 Å². The van der Waals surface area contributed by atoms with Gasteiger partial charge in [-0.1, -0.05) is 29.8 Å². The van der Waals surface area contributed by atoms with Gasteiger partial charge in [-0.25, -0.2) is 0 Å². The van der Waals surface area contributed by atoms with Crippen molar-refractivity contribution in [3.8, 4) is 5.75 Å². The Bertz CT molecular complexity index is 448. The van der Waals surface area contributed by atoms with Gasteiger partial charge in [0, 0.05) is 35.7 Å². The molecule has 1 unspecified atom stereocenters. The normalized spacial score (nSPS) is 18.5. The van der Waals surface area contributed by atoms with Gasteiger partial charge in [-0.3, -0.25) is 0 Å². The Labute approximate surface area is 129 Å². The van der Waals surface area contributed by atoms with Crippen LogP contribution in [-0.4, -0.2) is 24.9 Å². The minimum Gasteiger partial charge on any atom is -0.493 e. The molecule has 2 N–H and O–H groups in total. The van der Waals surface area contributed by atoms with E-state index in [1.807, 2.05) is 12.1 Å². The Hall–Kier alpha value is -0.580. The summed E-state index contributed by atoms with van der Waals surface area (Å²) in [4.78, 5) is 0. The maximum atomic E-state index is 8.97. The maximum Gasteiger partial charge on any atom is 0.124 e.